The van der Waals surface area contributed by atoms with Gasteiger partial charge in [-0.3, -0.25) is 9.78 Å². The maximum atomic E-state index is 11.9. The Bertz CT molecular complexity index is 552. The third-order valence-corrected chi connectivity index (χ3v) is 3.25. The minimum absolute atomic E-state index is 0.220. The van der Waals surface area contributed by atoms with Gasteiger partial charge in [-0.05, 0) is 25.5 Å². The Morgan fingerprint density at radius 2 is 2.21 bits per heavy atom. The lowest BCUT2D eigenvalue weighted by molar-refractivity contribution is 0.0950. The van der Waals surface area contributed by atoms with Crippen molar-refractivity contribution in [1.82, 2.24) is 20.5 Å². The quantitative estimate of drug-likeness (QED) is 0.868. The average Bonchev–Trinajstić information content (AvgIpc) is 2.87. The zero-order valence-corrected chi connectivity index (χ0v) is 11.6. The van der Waals surface area contributed by atoms with Gasteiger partial charge in [0.25, 0.3) is 5.91 Å². The first-order chi connectivity index (χ1) is 9.19. The van der Waals surface area contributed by atoms with Gasteiger partial charge in [0.1, 0.15) is 0 Å². The highest BCUT2D eigenvalue weighted by Gasteiger charge is 2.11. The van der Waals surface area contributed by atoms with E-state index in [2.05, 4.69) is 25.8 Å². The van der Waals surface area contributed by atoms with Crippen molar-refractivity contribution in [3.8, 4) is 0 Å². The van der Waals surface area contributed by atoms with Crippen LogP contribution in [0.2, 0.25) is 0 Å². The van der Waals surface area contributed by atoms with Gasteiger partial charge >= 0.3 is 0 Å². The van der Waals surface area contributed by atoms with Crippen LogP contribution in [-0.4, -0.2) is 27.6 Å². The fraction of sp³-hybridized carbons (Fsp3) is 0.333. The number of hydrogen-bond donors (Lipinski definition) is 2. The smallest absolute Gasteiger partial charge is 0.282 e. The van der Waals surface area contributed by atoms with Crippen LogP contribution in [0.5, 0.6) is 0 Å². The maximum Gasteiger partial charge on any atom is 0.282 e. The molecule has 0 unspecified atom stereocenters. The van der Waals surface area contributed by atoms with E-state index in [0.717, 1.165) is 17.8 Å². The lowest BCUT2D eigenvalue weighted by atomic mass is 10.2. The van der Waals surface area contributed by atoms with Gasteiger partial charge in [0, 0.05) is 25.0 Å². The monoisotopic (exact) mass is 277 g/mol. The number of aryl methyl sites for hydroxylation is 1. The summed E-state index contributed by atoms with van der Waals surface area (Å²) in [6.07, 6.45) is 1.75. The van der Waals surface area contributed by atoms with Crippen LogP contribution < -0.4 is 10.6 Å². The van der Waals surface area contributed by atoms with Gasteiger partial charge in [0.05, 0.1) is 0 Å². The first-order valence-electron chi connectivity index (χ1n) is 5.96. The summed E-state index contributed by atoms with van der Waals surface area (Å²) in [7, 11) is 0. The van der Waals surface area contributed by atoms with Gasteiger partial charge in [0.15, 0.2) is 0 Å². The molecule has 0 aliphatic heterocycles. The molecule has 0 saturated heterocycles. The number of carbonyl (C=O) groups is 1. The summed E-state index contributed by atoms with van der Waals surface area (Å²) in [4.78, 5) is 16.0. The van der Waals surface area contributed by atoms with Crippen LogP contribution in [0.4, 0.5) is 5.13 Å². The highest BCUT2D eigenvalue weighted by atomic mass is 32.1. The van der Waals surface area contributed by atoms with E-state index in [-0.39, 0.29) is 5.91 Å². The topological polar surface area (TPSA) is 79.8 Å². The van der Waals surface area contributed by atoms with Crippen molar-refractivity contribution in [3.05, 3.63) is 34.6 Å². The second-order valence-electron chi connectivity index (χ2n) is 3.93. The third-order valence-electron chi connectivity index (χ3n) is 2.37. The van der Waals surface area contributed by atoms with E-state index < -0.39 is 0 Å². The summed E-state index contributed by atoms with van der Waals surface area (Å²) in [5, 5.41) is 14.5. The summed E-state index contributed by atoms with van der Waals surface area (Å²) in [5.41, 5.74) is 1.91. The summed E-state index contributed by atoms with van der Waals surface area (Å²) in [6.45, 7) is 5.07. The summed E-state index contributed by atoms with van der Waals surface area (Å²) < 4.78 is 0. The highest BCUT2D eigenvalue weighted by molar-refractivity contribution is 7.17. The predicted molar refractivity (Wildman–Crippen MR) is 74.2 cm³/mol. The van der Waals surface area contributed by atoms with Crippen LogP contribution in [-0.2, 0) is 6.54 Å². The van der Waals surface area contributed by atoms with Crippen molar-refractivity contribution in [1.29, 1.82) is 0 Å². The molecule has 0 aromatic carbocycles. The molecule has 0 atom stereocenters. The van der Waals surface area contributed by atoms with E-state index in [1.54, 1.807) is 6.20 Å². The van der Waals surface area contributed by atoms with Crippen LogP contribution >= 0.6 is 11.3 Å². The number of carbonyl (C=O) groups excluding carboxylic acids is 1. The summed E-state index contributed by atoms with van der Waals surface area (Å²) in [6, 6.07) is 3.85. The molecule has 2 rings (SSSR count). The van der Waals surface area contributed by atoms with E-state index in [9.17, 15) is 4.79 Å². The fourth-order valence-electron chi connectivity index (χ4n) is 1.40. The Balaban J connectivity index is 1.91. The number of rotatable bonds is 5. The second-order valence-corrected chi connectivity index (χ2v) is 4.91. The predicted octanol–water partition coefficient (Wildman–Crippen LogP) is 1.60. The first kappa shape index (κ1) is 13.4. The number of nitrogens with zero attached hydrogens (tertiary/aromatic N) is 3. The highest BCUT2D eigenvalue weighted by Crippen LogP contribution is 2.14. The molecule has 7 heteroatoms. The van der Waals surface area contributed by atoms with Gasteiger partial charge in [-0.15, -0.1) is 10.2 Å². The molecule has 19 heavy (non-hydrogen) atoms. The lowest BCUT2D eigenvalue weighted by Gasteiger charge is -2.02. The standard InChI is InChI=1S/C12H15N5OS/c1-3-13-12-17-16-11(19-12)10(18)15-7-9-5-4-8(2)14-6-9/h4-6H,3,7H2,1-2H3,(H,13,17)(H,15,18). The maximum absolute atomic E-state index is 11.9. The Hall–Kier alpha value is -2.02. The largest absolute Gasteiger partial charge is 0.360 e. The van der Waals surface area contributed by atoms with Crippen LogP contribution in [0, 0.1) is 6.92 Å². The number of anilines is 1. The number of nitrogens with one attached hydrogen (secondary N) is 2. The molecule has 2 aromatic rings. The minimum atomic E-state index is -0.220. The normalized spacial score (nSPS) is 10.2. The molecule has 0 aliphatic rings. The SMILES string of the molecule is CCNc1nnc(C(=O)NCc2ccc(C)nc2)s1. The van der Waals surface area contributed by atoms with Crippen molar-refractivity contribution in [2.75, 3.05) is 11.9 Å². The zero-order valence-electron chi connectivity index (χ0n) is 10.8. The number of amides is 1. The Morgan fingerprint density at radius 3 is 2.89 bits per heavy atom. The van der Waals surface area contributed by atoms with E-state index in [0.29, 0.717) is 16.7 Å². The molecule has 2 heterocycles. The molecule has 0 radical (unpaired) electrons. The van der Waals surface area contributed by atoms with E-state index in [4.69, 9.17) is 0 Å². The summed E-state index contributed by atoms with van der Waals surface area (Å²) >= 11 is 1.24. The van der Waals surface area contributed by atoms with Gasteiger partial charge in [-0.1, -0.05) is 17.4 Å². The third kappa shape index (κ3) is 3.72. The lowest BCUT2D eigenvalue weighted by Crippen LogP contribution is -2.22. The molecule has 0 fully saturated rings. The van der Waals surface area contributed by atoms with Gasteiger partial charge in [0.2, 0.25) is 10.1 Å². The van der Waals surface area contributed by atoms with Crippen molar-refractivity contribution in [2.24, 2.45) is 0 Å². The second kappa shape index (κ2) is 6.24. The molecule has 100 valence electrons. The molecule has 0 bridgehead atoms. The molecule has 6 nitrogen and oxygen atoms in total. The Morgan fingerprint density at radius 1 is 1.37 bits per heavy atom. The Kier molecular flexibility index (Phi) is 4.40. The molecule has 0 aliphatic carbocycles. The molecule has 2 aromatic heterocycles. The van der Waals surface area contributed by atoms with E-state index in [1.165, 1.54) is 11.3 Å². The molecular weight excluding hydrogens is 262 g/mol. The number of aromatic nitrogens is 3. The van der Waals surface area contributed by atoms with Crippen LogP contribution in [0.1, 0.15) is 28.0 Å². The van der Waals surface area contributed by atoms with Gasteiger partial charge in [-0.2, -0.15) is 0 Å². The van der Waals surface area contributed by atoms with Crippen LogP contribution in [0.15, 0.2) is 18.3 Å². The molecule has 0 spiro atoms. The van der Waals surface area contributed by atoms with Gasteiger partial charge < -0.3 is 10.6 Å². The van der Waals surface area contributed by atoms with Crippen molar-refractivity contribution < 1.29 is 4.79 Å². The van der Waals surface area contributed by atoms with Gasteiger partial charge in [-0.25, -0.2) is 0 Å². The number of pyridine rings is 1. The molecule has 2 N–H and O–H groups in total. The van der Waals surface area contributed by atoms with Crippen LogP contribution in [0.25, 0.3) is 0 Å². The molecule has 0 saturated carbocycles. The first-order valence-corrected chi connectivity index (χ1v) is 6.78. The fourth-order valence-corrected chi connectivity index (χ4v) is 2.13. The van der Waals surface area contributed by atoms with Crippen LogP contribution in [0.3, 0.4) is 0 Å². The molecule has 1 amide bonds. The number of hydrogen-bond acceptors (Lipinski definition) is 6. The summed E-state index contributed by atoms with van der Waals surface area (Å²) in [5.74, 6) is -0.220. The van der Waals surface area contributed by atoms with Crippen molar-refractivity contribution in [3.63, 3.8) is 0 Å². The molecular formula is C12H15N5OS. The average molecular weight is 277 g/mol. The van der Waals surface area contributed by atoms with E-state index in [1.807, 2.05) is 26.0 Å². The van der Waals surface area contributed by atoms with E-state index >= 15 is 0 Å². The van der Waals surface area contributed by atoms with Crippen molar-refractivity contribution in [2.45, 2.75) is 20.4 Å². The minimum Gasteiger partial charge on any atom is -0.360 e. The Labute approximate surface area is 115 Å². The van der Waals surface area contributed by atoms with Crippen molar-refractivity contribution >= 4 is 22.4 Å². The zero-order chi connectivity index (χ0) is 13.7.